The molecule has 23 heavy (non-hydrogen) atoms. The molecular formula is C17H17NO2S3. The lowest BCUT2D eigenvalue weighted by atomic mass is 10.0. The summed E-state index contributed by atoms with van der Waals surface area (Å²) in [5.41, 5.74) is 2.18. The zero-order chi connectivity index (χ0) is 16.3. The predicted octanol–water partition coefficient (Wildman–Crippen LogP) is 4.44. The molecule has 1 atom stereocenters. The van der Waals surface area contributed by atoms with E-state index in [1.54, 1.807) is 28.8 Å². The van der Waals surface area contributed by atoms with E-state index in [0.29, 0.717) is 4.21 Å². The SMILES string of the molecule is CCc1ccc([C@H](NS(=O)(=O)c2cccs2)c2cccs2)cc1. The molecule has 3 nitrogen and oxygen atoms in total. The number of thiophene rings is 2. The predicted molar refractivity (Wildman–Crippen MR) is 96.6 cm³/mol. The van der Waals surface area contributed by atoms with Crippen LogP contribution in [-0.2, 0) is 16.4 Å². The summed E-state index contributed by atoms with van der Waals surface area (Å²) in [4.78, 5) is 0.981. The first kappa shape index (κ1) is 16.4. The average molecular weight is 364 g/mol. The molecular weight excluding hydrogens is 346 g/mol. The van der Waals surface area contributed by atoms with E-state index in [2.05, 4.69) is 23.8 Å². The summed E-state index contributed by atoms with van der Waals surface area (Å²) in [6.07, 6.45) is 0.963. The highest BCUT2D eigenvalue weighted by Crippen LogP contribution is 2.29. The third-order valence-electron chi connectivity index (χ3n) is 3.58. The van der Waals surface area contributed by atoms with Crippen molar-refractivity contribution in [2.45, 2.75) is 23.6 Å². The largest absolute Gasteiger partial charge is 0.250 e. The Morgan fingerprint density at radius 2 is 1.70 bits per heavy atom. The quantitative estimate of drug-likeness (QED) is 0.704. The van der Waals surface area contributed by atoms with Gasteiger partial charge >= 0.3 is 0 Å². The van der Waals surface area contributed by atoms with Crippen molar-refractivity contribution in [2.75, 3.05) is 0 Å². The molecule has 0 unspecified atom stereocenters. The van der Waals surface area contributed by atoms with Crippen LogP contribution in [-0.4, -0.2) is 8.42 Å². The minimum atomic E-state index is -3.53. The lowest BCUT2D eigenvalue weighted by molar-refractivity contribution is 0.575. The van der Waals surface area contributed by atoms with Crippen LogP contribution in [0.4, 0.5) is 0 Å². The molecule has 0 radical (unpaired) electrons. The summed E-state index contributed by atoms with van der Waals surface area (Å²) in [6, 6.07) is 15.0. The molecule has 0 aliphatic carbocycles. The minimum Gasteiger partial charge on any atom is -0.206 e. The third-order valence-corrected chi connectivity index (χ3v) is 7.34. The van der Waals surface area contributed by atoms with Crippen molar-refractivity contribution in [3.63, 3.8) is 0 Å². The topological polar surface area (TPSA) is 46.2 Å². The number of benzene rings is 1. The Labute approximate surface area is 144 Å². The van der Waals surface area contributed by atoms with Crippen LogP contribution in [0, 0.1) is 0 Å². The van der Waals surface area contributed by atoms with Crippen molar-refractivity contribution in [3.8, 4) is 0 Å². The van der Waals surface area contributed by atoms with Crippen LogP contribution in [0.1, 0.15) is 29.0 Å². The summed E-state index contributed by atoms with van der Waals surface area (Å²) >= 11 is 2.77. The highest BCUT2D eigenvalue weighted by Gasteiger charge is 2.24. The molecule has 1 aromatic carbocycles. The fourth-order valence-corrected chi connectivity index (χ4v) is 5.41. The van der Waals surface area contributed by atoms with Gasteiger partial charge in [0.15, 0.2) is 0 Å². The van der Waals surface area contributed by atoms with Crippen LogP contribution in [0.2, 0.25) is 0 Å². The van der Waals surface area contributed by atoms with E-state index in [4.69, 9.17) is 0 Å². The fraction of sp³-hybridized carbons (Fsp3) is 0.176. The second-order valence-electron chi connectivity index (χ2n) is 5.10. The summed E-state index contributed by atoms with van der Waals surface area (Å²) in [5, 5.41) is 3.73. The van der Waals surface area contributed by atoms with Crippen LogP contribution in [0.5, 0.6) is 0 Å². The molecule has 2 heterocycles. The van der Waals surface area contributed by atoms with Gasteiger partial charge in [0, 0.05) is 4.88 Å². The van der Waals surface area contributed by atoms with Crippen LogP contribution >= 0.6 is 22.7 Å². The van der Waals surface area contributed by atoms with Gasteiger partial charge in [0.25, 0.3) is 10.0 Å². The number of hydrogen-bond donors (Lipinski definition) is 1. The Morgan fingerprint density at radius 3 is 2.26 bits per heavy atom. The molecule has 0 aliphatic rings. The molecule has 2 aromatic heterocycles. The summed E-state index contributed by atoms with van der Waals surface area (Å²) in [6.45, 7) is 2.10. The van der Waals surface area contributed by atoms with Gasteiger partial charge in [0.2, 0.25) is 0 Å². The molecule has 3 rings (SSSR count). The number of sulfonamides is 1. The molecule has 0 bridgehead atoms. The molecule has 3 aromatic rings. The molecule has 120 valence electrons. The summed E-state index contributed by atoms with van der Waals surface area (Å²) in [5.74, 6) is 0. The van der Waals surface area contributed by atoms with Gasteiger partial charge in [-0.1, -0.05) is 43.3 Å². The molecule has 6 heteroatoms. The monoisotopic (exact) mass is 363 g/mol. The van der Waals surface area contributed by atoms with E-state index in [-0.39, 0.29) is 6.04 Å². The van der Waals surface area contributed by atoms with E-state index in [1.165, 1.54) is 16.9 Å². The maximum Gasteiger partial charge on any atom is 0.250 e. The standard InChI is InChI=1S/C17H17NO2S3/c1-2-13-7-9-14(10-8-13)17(15-5-3-11-21-15)18-23(19,20)16-6-4-12-22-16/h3-12,17-18H,2H2,1H3/t17-/m0/s1. The molecule has 1 N–H and O–H groups in total. The maximum absolute atomic E-state index is 12.6. The first-order valence-electron chi connectivity index (χ1n) is 7.28. The first-order valence-corrected chi connectivity index (χ1v) is 10.5. The third kappa shape index (κ3) is 3.72. The Hall–Kier alpha value is -1.47. The molecule has 0 spiro atoms. The van der Waals surface area contributed by atoms with Crippen LogP contribution in [0.3, 0.4) is 0 Å². The first-order chi connectivity index (χ1) is 11.1. The summed E-state index contributed by atoms with van der Waals surface area (Å²) in [7, 11) is -3.53. The smallest absolute Gasteiger partial charge is 0.206 e. The van der Waals surface area contributed by atoms with E-state index in [0.717, 1.165) is 16.9 Å². The van der Waals surface area contributed by atoms with Gasteiger partial charge in [0.1, 0.15) is 4.21 Å². The van der Waals surface area contributed by atoms with Gasteiger partial charge in [-0.05, 0) is 40.4 Å². The minimum absolute atomic E-state index is 0.337. The van der Waals surface area contributed by atoms with Crippen molar-refractivity contribution in [3.05, 3.63) is 75.3 Å². The Morgan fingerprint density at radius 1 is 1.00 bits per heavy atom. The lowest BCUT2D eigenvalue weighted by Gasteiger charge is -2.18. The van der Waals surface area contributed by atoms with Gasteiger partial charge in [-0.15, -0.1) is 22.7 Å². The average Bonchev–Trinajstić information content (AvgIpc) is 3.26. The molecule has 0 amide bonds. The summed E-state index contributed by atoms with van der Waals surface area (Å²) < 4.78 is 28.4. The van der Waals surface area contributed by atoms with Gasteiger partial charge in [-0.25, -0.2) is 8.42 Å². The Bertz CT molecular complexity index is 836. The molecule has 0 fully saturated rings. The Balaban J connectivity index is 1.96. The van der Waals surface area contributed by atoms with Gasteiger partial charge < -0.3 is 0 Å². The number of nitrogens with one attached hydrogen (secondary N) is 1. The van der Waals surface area contributed by atoms with Crippen molar-refractivity contribution in [2.24, 2.45) is 0 Å². The zero-order valence-electron chi connectivity index (χ0n) is 12.6. The van der Waals surface area contributed by atoms with E-state index in [1.807, 2.05) is 29.6 Å². The number of aryl methyl sites for hydroxylation is 1. The van der Waals surface area contributed by atoms with Crippen LogP contribution < -0.4 is 4.72 Å². The van der Waals surface area contributed by atoms with Crippen molar-refractivity contribution >= 4 is 32.7 Å². The second kappa shape index (κ2) is 6.97. The second-order valence-corrected chi connectivity index (χ2v) is 8.96. The van der Waals surface area contributed by atoms with Crippen molar-refractivity contribution in [1.29, 1.82) is 0 Å². The molecule has 0 aliphatic heterocycles. The number of hydrogen-bond acceptors (Lipinski definition) is 4. The maximum atomic E-state index is 12.6. The van der Waals surface area contributed by atoms with E-state index in [9.17, 15) is 8.42 Å². The van der Waals surface area contributed by atoms with Crippen molar-refractivity contribution < 1.29 is 8.42 Å². The van der Waals surface area contributed by atoms with Gasteiger partial charge in [0.05, 0.1) is 6.04 Å². The van der Waals surface area contributed by atoms with E-state index < -0.39 is 10.0 Å². The normalized spacial score (nSPS) is 13.1. The lowest BCUT2D eigenvalue weighted by Crippen LogP contribution is -2.28. The van der Waals surface area contributed by atoms with Crippen LogP contribution in [0.25, 0.3) is 0 Å². The molecule has 0 saturated heterocycles. The van der Waals surface area contributed by atoms with E-state index >= 15 is 0 Å². The van der Waals surface area contributed by atoms with Gasteiger partial charge in [-0.2, -0.15) is 4.72 Å². The molecule has 0 saturated carbocycles. The fourth-order valence-electron chi connectivity index (χ4n) is 2.32. The zero-order valence-corrected chi connectivity index (χ0v) is 15.0. The highest BCUT2D eigenvalue weighted by molar-refractivity contribution is 7.91. The highest BCUT2D eigenvalue weighted by atomic mass is 32.2. The Kier molecular flexibility index (Phi) is 4.96. The van der Waals surface area contributed by atoms with Gasteiger partial charge in [-0.3, -0.25) is 0 Å². The van der Waals surface area contributed by atoms with Crippen molar-refractivity contribution in [1.82, 2.24) is 4.72 Å². The number of rotatable bonds is 6. The van der Waals surface area contributed by atoms with Crippen LogP contribution in [0.15, 0.2) is 63.5 Å².